The second kappa shape index (κ2) is 8.54. The molecule has 1 saturated carbocycles. The third-order valence-electron chi connectivity index (χ3n) is 6.27. The second-order valence-corrected chi connectivity index (χ2v) is 9.19. The minimum Gasteiger partial charge on any atom is -0.378 e. The van der Waals surface area contributed by atoms with Gasteiger partial charge in [-0.1, -0.05) is 33.1 Å². The molecule has 0 aromatic heterocycles. The van der Waals surface area contributed by atoms with Crippen LogP contribution in [0.2, 0.25) is 0 Å². The molecule has 1 atom stereocenters. The molecule has 0 bridgehead atoms. The molecular formula is C23H35N3O2. The van der Waals surface area contributed by atoms with Gasteiger partial charge in [-0.15, -0.1) is 0 Å². The molecule has 1 heterocycles. The third kappa shape index (κ3) is 4.34. The SMILES string of the molecule is CC(C)CC1CC(=O)N(C2(C(=O)Nc3ccc(N(C)C)cc3)CCCCC2)C1. The Morgan fingerprint density at radius 2 is 1.82 bits per heavy atom. The first-order chi connectivity index (χ1) is 13.3. The lowest BCUT2D eigenvalue weighted by Gasteiger charge is -2.43. The summed E-state index contributed by atoms with van der Waals surface area (Å²) in [5.74, 6) is 1.09. The van der Waals surface area contributed by atoms with Crippen molar-refractivity contribution in [3.63, 3.8) is 0 Å². The highest BCUT2D eigenvalue weighted by Crippen LogP contribution is 2.39. The normalized spacial score (nSPS) is 21.8. The lowest BCUT2D eigenvalue weighted by molar-refractivity contribution is -0.144. The fraction of sp³-hybridized carbons (Fsp3) is 0.652. The number of nitrogens with zero attached hydrogens (tertiary/aromatic N) is 2. The average Bonchev–Trinajstić information content (AvgIpc) is 3.02. The van der Waals surface area contributed by atoms with Crippen LogP contribution in [0.5, 0.6) is 0 Å². The molecule has 154 valence electrons. The fourth-order valence-corrected chi connectivity index (χ4v) is 4.87. The van der Waals surface area contributed by atoms with Crippen molar-refractivity contribution < 1.29 is 9.59 Å². The summed E-state index contributed by atoms with van der Waals surface area (Å²) in [6.45, 7) is 5.13. The van der Waals surface area contributed by atoms with E-state index in [4.69, 9.17) is 0 Å². The van der Waals surface area contributed by atoms with E-state index >= 15 is 0 Å². The van der Waals surface area contributed by atoms with Crippen LogP contribution in [0.25, 0.3) is 0 Å². The van der Waals surface area contributed by atoms with Crippen molar-refractivity contribution >= 4 is 23.2 Å². The van der Waals surface area contributed by atoms with E-state index in [9.17, 15) is 9.59 Å². The van der Waals surface area contributed by atoms with Crippen LogP contribution in [0.3, 0.4) is 0 Å². The topological polar surface area (TPSA) is 52.7 Å². The standard InChI is InChI=1S/C23H35N3O2/c1-17(2)14-18-15-21(27)26(16-18)23(12-6-5-7-13-23)22(28)24-19-8-10-20(11-9-19)25(3)4/h8-11,17-18H,5-7,12-16H2,1-4H3,(H,24,28). The molecular weight excluding hydrogens is 350 g/mol. The van der Waals surface area contributed by atoms with Crippen LogP contribution < -0.4 is 10.2 Å². The predicted molar refractivity (Wildman–Crippen MR) is 114 cm³/mol. The van der Waals surface area contributed by atoms with E-state index in [1.54, 1.807) is 0 Å². The molecule has 2 fully saturated rings. The van der Waals surface area contributed by atoms with E-state index in [1.165, 1.54) is 0 Å². The van der Waals surface area contributed by atoms with Gasteiger partial charge in [-0.05, 0) is 55.4 Å². The highest BCUT2D eigenvalue weighted by atomic mass is 16.2. The Balaban J connectivity index is 1.79. The summed E-state index contributed by atoms with van der Waals surface area (Å²) in [6, 6.07) is 7.89. The van der Waals surface area contributed by atoms with Gasteiger partial charge in [0.15, 0.2) is 0 Å². The zero-order chi connectivity index (χ0) is 20.3. The molecule has 3 rings (SSSR count). The molecule has 28 heavy (non-hydrogen) atoms. The molecule has 5 heteroatoms. The van der Waals surface area contributed by atoms with Gasteiger partial charge < -0.3 is 15.1 Å². The minimum absolute atomic E-state index is 0.0108. The Morgan fingerprint density at radius 1 is 1.18 bits per heavy atom. The highest BCUT2D eigenvalue weighted by molar-refractivity contribution is 6.01. The van der Waals surface area contributed by atoms with Crippen LogP contribution >= 0.6 is 0 Å². The maximum Gasteiger partial charge on any atom is 0.250 e. The summed E-state index contributed by atoms with van der Waals surface area (Å²) in [4.78, 5) is 30.3. The molecule has 1 aromatic carbocycles. The van der Waals surface area contributed by atoms with E-state index in [-0.39, 0.29) is 11.8 Å². The lowest BCUT2D eigenvalue weighted by Crippen LogP contribution is -2.58. The summed E-state index contributed by atoms with van der Waals surface area (Å²) < 4.78 is 0. The number of likely N-dealkylation sites (tertiary alicyclic amines) is 1. The summed E-state index contributed by atoms with van der Waals surface area (Å²) in [7, 11) is 3.99. The molecule has 1 saturated heterocycles. The number of benzene rings is 1. The van der Waals surface area contributed by atoms with Gasteiger partial charge in [0.2, 0.25) is 11.8 Å². The third-order valence-corrected chi connectivity index (χ3v) is 6.27. The first-order valence-corrected chi connectivity index (χ1v) is 10.7. The lowest BCUT2D eigenvalue weighted by atomic mass is 9.79. The van der Waals surface area contributed by atoms with Crippen LogP contribution in [0.15, 0.2) is 24.3 Å². The van der Waals surface area contributed by atoms with Gasteiger partial charge in [-0.2, -0.15) is 0 Å². The number of hydrogen-bond donors (Lipinski definition) is 1. The Hall–Kier alpha value is -2.04. The van der Waals surface area contributed by atoms with Gasteiger partial charge in [0.05, 0.1) is 0 Å². The smallest absolute Gasteiger partial charge is 0.250 e. The van der Waals surface area contributed by atoms with Crippen LogP contribution in [0, 0.1) is 11.8 Å². The summed E-state index contributed by atoms with van der Waals surface area (Å²) in [5, 5.41) is 3.12. The largest absolute Gasteiger partial charge is 0.378 e. The van der Waals surface area contributed by atoms with Crippen molar-refractivity contribution in [1.29, 1.82) is 0 Å². The van der Waals surface area contributed by atoms with E-state index < -0.39 is 5.54 Å². The molecule has 5 nitrogen and oxygen atoms in total. The van der Waals surface area contributed by atoms with Crippen LogP contribution in [0.4, 0.5) is 11.4 Å². The number of anilines is 2. The summed E-state index contributed by atoms with van der Waals surface area (Å²) in [5.41, 5.74) is 1.21. The number of amides is 2. The Kier molecular flexibility index (Phi) is 6.31. The van der Waals surface area contributed by atoms with Crippen LogP contribution in [-0.2, 0) is 9.59 Å². The van der Waals surface area contributed by atoms with E-state index in [0.29, 0.717) is 18.3 Å². The molecule has 1 aliphatic heterocycles. The number of carbonyl (C=O) groups is 2. The first kappa shape index (κ1) is 20.7. The Morgan fingerprint density at radius 3 is 2.39 bits per heavy atom. The predicted octanol–water partition coefficient (Wildman–Crippen LogP) is 4.29. The van der Waals surface area contributed by atoms with Crippen LogP contribution in [-0.4, -0.2) is 42.9 Å². The average molecular weight is 386 g/mol. The zero-order valence-electron chi connectivity index (χ0n) is 17.8. The summed E-state index contributed by atoms with van der Waals surface area (Å²) >= 11 is 0. The van der Waals surface area contributed by atoms with Gasteiger partial charge in [-0.25, -0.2) is 0 Å². The quantitative estimate of drug-likeness (QED) is 0.795. The minimum atomic E-state index is -0.679. The van der Waals surface area contributed by atoms with Crippen LogP contribution in [0.1, 0.15) is 58.8 Å². The molecule has 1 N–H and O–H groups in total. The molecule has 1 aromatic rings. The van der Waals surface area contributed by atoms with Gasteiger partial charge in [0.25, 0.3) is 0 Å². The fourth-order valence-electron chi connectivity index (χ4n) is 4.87. The first-order valence-electron chi connectivity index (χ1n) is 10.7. The monoisotopic (exact) mass is 385 g/mol. The number of nitrogens with one attached hydrogen (secondary N) is 1. The molecule has 0 radical (unpaired) electrons. The van der Waals surface area contributed by atoms with Gasteiger partial charge >= 0.3 is 0 Å². The molecule has 1 aliphatic carbocycles. The van der Waals surface area contributed by atoms with Crippen molar-refractivity contribution in [1.82, 2.24) is 4.90 Å². The van der Waals surface area contributed by atoms with Crippen molar-refractivity contribution in [3.8, 4) is 0 Å². The Labute approximate surface area is 169 Å². The Bertz CT molecular complexity index is 690. The van der Waals surface area contributed by atoms with E-state index in [2.05, 4.69) is 19.2 Å². The van der Waals surface area contributed by atoms with Gasteiger partial charge in [0, 0.05) is 38.4 Å². The number of carbonyl (C=O) groups excluding carboxylic acids is 2. The van der Waals surface area contributed by atoms with E-state index in [1.807, 2.05) is 48.2 Å². The molecule has 0 spiro atoms. The maximum atomic E-state index is 13.5. The molecule has 2 aliphatic rings. The van der Waals surface area contributed by atoms with Gasteiger partial charge in [0.1, 0.15) is 5.54 Å². The molecule has 2 amide bonds. The van der Waals surface area contributed by atoms with Crippen molar-refractivity contribution in [2.24, 2.45) is 11.8 Å². The maximum absolute atomic E-state index is 13.5. The van der Waals surface area contributed by atoms with Crippen molar-refractivity contribution in [3.05, 3.63) is 24.3 Å². The number of rotatable bonds is 6. The van der Waals surface area contributed by atoms with Gasteiger partial charge in [-0.3, -0.25) is 9.59 Å². The van der Waals surface area contributed by atoms with Crippen molar-refractivity contribution in [2.45, 2.75) is 64.3 Å². The van der Waals surface area contributed by atoms with E-state index in [0.717, 1.165) is 56.4 Å². The van der Waals surface area contributed by atoms with Crippen molar-refractivity contribution in [2.75, 3.05) is 30.9 Å². The highest BCUT2D eigenvalue weighted by Gasteiger charge is 2.50. The zero-order valence-corrected chi connectivity index (χ0v) is 17.8. The second-order valence-electron chi connectivity index (χ2n) is 9.19. The summed E-state index contributed by atoms with van der Waals surface area (Å²) in [6.07, 6.45) is 6.33. The molecule has 1 unspecified atom stereocenters. The number of hydrogen-bond acceptors (Lipinski definition) is 3.